The molecule has 0 N–H and O–H groups in total. The fourth-order valence-electron chi connectivity index (χ4n) is 1.00. The Morgan fingerprint density at radius 3 is 2.40 bits per heavy atom. The van der Waals surface area contributed by atoms with Crippen molar-refractivity contribution in [3.05, 3.63) is 0 Å². The van der Waals surface area contributed by atoms with Gasteiger partial charge < -0.3 is 0 Å². The van der Waals surface area contributed by atoms with Gasteiger partial charge in [0.25, 0.3) is 0 Å². The van der Waals surface area contributed by atoms with Crippen molar-refractivity contribution < 1.29 is 17.0 Å². The zero-order valence-electron chi connectivity index (χ0n) is 5.21. The van der Waals surface area contributed by atoms with Gasteiger partial charge in [0.05, 0.1) is 18.6 Å². The zero-order valence-corrected chi connectivity index (χ0v) is 6.03. The van der Waals surface area contributed by atoms with Crippen LogP contribution in [0.4, 0.5) is 4.39 Å². The molecule has 1 saturated heterocycles. The van der Waals surface area contributed by atoms with Crippen molar-refractivity contribution in [1.29, 1.82) is 0 Å². The van der Waals surface area contributed by atoms with E-state index in [9.17, 15) is 8.60 Å². The van der Waals surface area contributed by atoms with Crippen LogP contribution in [0, 0.1) is 5.41 Å². The third-order valence-corrected chi connectivity index (χ3v) is 2.60. The molecule has 10 heavy (non-hydrogen) atoms. The summed E-state index contributed by atoms with van der Waals surface area (Å²) in [6.45, 7) is 0.474. The summed E-state index contributed by atoms with van der Waals surface area (Å²) in [7, 11) is 0. The van der Waals surface area contributed by atoms with Crippen molar-refractivity contribution in [2.24, 2.45) is 5.41 Å². The van der Waals surface area contributed by atoms with Crippen LogP contribution in [0.3, 0.4) is 0 Å². The van der Waals surface area contributed by atoms with Crippen LogP contribution in [0.5, 0.6) is 0 Å². The highest BCUT2D eigenvalue weighted by molar-refractivity contribution is 7.75. The average molecular weight is 166 g/mol. The van der Waals surface area contributed by atoms with Crippen LogP contribution in [0.25, 0.3) is 0 Å². The zero-order chi connectivity index (χ0) is 7.19. The average Bonchev–Trinajstić information content (AvgIpc) is 2.53. The number of hydrogen-bond donors (Lipinski definition) is 0. The van der Waals surface area contributed by atoms with Gasteiger partial charge in [-0.25, -0.2) is 4.39 Å². The lowest BCUT2D eigenvalue weighted by molar-refractivity contribution is 0.0919. The summed E-state index contributed by atoms with van der Waals surface area (Å²) >= 11 is -1.63. The van der Waals surface area contributed by atoms with Crippen LogP contribution in [-0.2, 0) is 19.7 Å². The maximum Gasteiger partial charge on any atom is 0.304 e. The second-order valence-corrected chi connectivity index (χ2v) is 3.64. The van der Waals surface area contributed by atoms with Crippen LogP contribution in [0.15, 0.2) is 0 Å². The highest BCUT2D eigenvalue weighted by atomic mass is 32.2. The van der Waals surface area contributed by atoms with E-state index < -0.39 is 22.9 Å². The van der Waals surface area contributed by atoms with Crippen LogP contribution in [0.2, 0.25) is 0 Å². The van der Waals surface area contributed by atoms with Gasteiger partial charge in [-0.1, -0.05) is 0 Å². The van der Waals surface area contributed by atoms with Crippen molar-refractivity contribution >= 4 is 11.4 Å². The van der Waals surface area contributed by atoms with Gasteiger partial charge in [0.2, 0.25) is 0 Å². The Bertz CT molecular complexity index is 174. The minimum Gasteiger partial charge on any atom is -0.268 e. The molecular formula is C5H7FO3S. The molecule has 1 saturated carbocycles. The summed E-state index contributed by atoms with van der Waals surface area (Å²) in [4.78, 5) is 0. The van der Waals surface area contributed by atoms with E-state index in [4.69, 9.17) is 0 Å². The highest BCUT2D eigenvalue weighted by Crippen LogP contribution is 2.50. The smallest absolute Gasteiger partial charge is 0.268 e. The summed E-state index contributed by atoms with van der Waals surface area (Å²) < 4.78 is 32.2. The molecule has 1 aliphatic heterocycles. The van der Waals surface area contributed by atoms with E-state index in [0.717, 1.165) is 0 Å². The lowest BCUT2D eigenvalue weighted by Crippen LogP contribution is -2.28. The first kappa shape index (κ1) is 6.69. The predicted octanol–water partition coefficient (Wildman–Crippen LogP) is 0.340. The standard InChI is InChI=1S/C5H7FO3S/c6-4-1-5(4)2-8-10(7)9-3-5/h4H,1-3H2. The van der Waals surface area contributed by atoms with Crippen LogP contribution in [0.1, 0.15) is 6.42 Å². The molecule has 2 aliphatic rings. The van der Waals surface area contributed by atoms with E-state index >= 15 is 0 Å². The molecule has 0 amide bonds. The number of hydrogen-bond acceptors (Lipinski definition) is 3. The minimum absolute atomic E-state index is 0.237. The molecule has 2 rings (SSSR count). The van der Waals surface area contributed by atoms with Crippen LogP contribution in [-0.4, -0.2) is 23.6 Å². The van der Waals surface area contributed by atoms with Gasteiger partial charge in [-0.15, -0.1) is 0 Å². The topological polar surface area (TPSA) is 35.5 Å². The van der Waals surface area contributed by atoms with Gasteiger partial charge in [-0.05, 0) is 6.42 Å². The maximum atomic E-state index is 12.5. The SMILES string of the molecule is O=S1OCC2(CO1)CC2F. The molecule has 0 radical (unpaired) electrons. The molecule has 0 aromatic heterocycles. The summed E-state index contributed by atoms with van der Waals surface area (Å²) in [5, 5.41) is 0. The van der Waals surface area contributed by atoms with Crippen molar-refractivity contribution in [1.82, 2.24) is 0 Å². The lowest BCUT2D eigenvalue weighted by atomic mass is 10.1. The monoisotopic (exact) mass is 166 g/mol. The Hall–Kier alpha value is -0.0000000000000000555. The molecule has 0 aromatic rings. The Labute approximate surface area is 60.4 Å². The number of rotatable bonds is 0. The van der Waals surface area contributed by atoms with Gasteiger partial charge >= 0.3 is 11.4 Å². The number of halogens is 1. The lowest BCUT2D eigenvalue weighted by Gasteiger charge is -2.18. The van der Waals surface area contributed by atoms with Crippen molar-refractivity contribution in [2.75, 3.05) is 13.2 Å². The molecule has 3 nitrogen and oxygen atoms in total. The summed E-state index contributed by atoms with van der Waals surface area (Å²) in [6, 6.07) is 0. The Kier molecular flexibility index (Phi) is 1.33. The Morgan fingerprint density at radius 1 is 1.50 bits per heavy atom. The molecule has 0 bridgehead atoms. The molecule has 5 heteroatoms. The summed E-state index contributed by atoms with van der Waals surface area (Å²) in [6.07, 6.45) is -0.325. The first-order valence-corrected chi connectivity index (χ1v) is 4.05. The van der Waals surface area contributed by atoms with E-state index in [1.807, 2.05) is 0 Å². The first-order valence-electron chi connectivity index (χ1n) is 3.05. The molecular weight excluding hydrogens is 159 g/mol. The fraction of sp³-hybridized carbons (Fsp3) is 1.00. The van der Waals surface area contributed by atoms with Gasteiger partial charge in [-0.2, -0.15) is 4.21 Å². The molecule has 1 heterocycles. The van der Waals surface area contributed by atoms with Crippen molar-refractivity contribution in [2.45, 2.75) is 12.6 Å². The summed E-state index contributed by atoms with van der Waals surface area (Å²) in [5.41, 5.74) is -0.437. The minimum atomic E-state index is -1.63. The van der Waals surface area contributed by atoms with Crippen molar-refractivity contribution in [3.8, 4) is 0 Å². The van der Waals surface area contributed by atoms with Crippen molar-refractivity contribution in [3.63, 3.8) is 0 Å². The molecule has 1 spiro atoms. The van der Waals surface area contributed by atoms with E-state index in [0.29, 0.717) is 6.42 Å². The van der Waals surface area contributed by atoms with Crippen LogP contribution >= 0.6 is 0 Å². The number of alkyl halides is 1. The van der Waals surface area contributed by atoms with Gasteiger partial charge in [0.1, 0.15) is 6.17 Å². The molecule has 1 atom stereocenters. The fourth-order valence-corrected chi connectivity index (χ4v) is 1.73. The third-order valence-electron chi connectivity index (χ3n) is 1.98. The van der Waals surface area contributed by atoms with E-state index in [-0.39, 0.29) is 13.2 Å². The quantitative estimate of drug-likeness (QED) is 0.520. The van der Waals surface area contributed by atoms with E-state index in [1.165, 1.54) is 0 Å². The maximum absolute atomic E-state index is 12.5. The second kappa shape index (κ2) is 1.99. The van der Waals surface area contributed by atoms with Gasteiger partial charge in [0.15, 0.2) is 0 Å². The van der Waals surface area contributed by atoms with E-state index in [1.54, 1.807) is 0 Å². The Morgan fingerprint density at radius 2 is 2.00 bits per heavy atom. The highest BCUT2D eigenvalue weighted by Gasteiger charge is 2.58. The normalized spacial score (nSPS) is 53.3. The molecule has 2 fully saturated rings. The summed E-state index contributed by atoms with van der Waals surface area (Å²) in [5.74, 6) is 0. The Balaban J connectivity index is 1.99. The molecule has 1 unspecified atom stereocenters. The predicted molar refractivity (Wildman–Crippen MR) is 32.0 cm³/mol. The second-order valence-electron chi connectivity index (χ2n) is 2.76. The van der Waals surface area contributed by atoms with E-state index in [2.05, 4.69) is 8.37 Å². The van der Waals surface area contributed by atoms with Gasteiger partial charge in [-0.3, -0.25) is 8.37 Å². The molecule has 1 aliphatic carbocycles. The van der Waals surface area contributed by atoms with Gasteiger partial charge in [0, 0.05) is 0 Å². The first-order chi connectivity index (χ1) is 4.73. The van der Waals surface area contributed by atoms with Crippen LogP contribution < -0.4 is 0 Å². The molecule has 58 valence electrons. The third kappa shape index (κ3) is 0.889. The molecule has 0 aromatic carbocycles. The largest absolute Gasteiger partial charge is 0.304 e.